The van der Waals surface area contributed by atoms with Crippen molar-refractivity contribution in [2.24, 2.45) is 0 Å². The summed E-state index contributed by atoms with van der Waals surface area (Å²) in [4.78, 5) is 4.82. The number of hydrogen-bond acceptors (Lipinski definition) is 4. The Kier molecular flexibility index (Phi) is 8.23. The molecule has 2 heterocycles. The summed E-state index contributed by atoms with van der Waals surface area (Å²) in [7, 11) is 0.654. The van der Waals surface area contributed by atoms with Crippen LogP contribution in [0.15, 0.2) is 203 Å². The molecule has 0 atom stereocenters. The van der Waals surface area contributed by atoms with E-state index in [9.17, 15) is 0 Å². The Hall–Kier alpha value is -7.39. The van der Waals surface area contributed by atoms with Crippen molar-refractivity contribution in [1.29, 1.82) is 0 Å². The van der Waals surface area contributed by atoms with Crippen molar-refractivity contribution in [2.75, 3.05) is 9.80 Å². The highest BCUT2D eigenvalue weighted by molar-refractivity contribution is 6.51. The smallest absolute Gasteiger partial charge is 0.159 e. The largest absolute Gasteiger partial charge is 0.454 e. The average Bonchev–Trinajstić information content (AvgIpc) is 3.90. The third-order valence-electron chi connectivity index (χ3n) is 12.5. The minimum absolute atomic E-state index is 0.326. The Labute approximate surface area is 358 Å². The van der Waals surface area contributed by atoms with E-state index in [-0.39, 0.29) is 9.52 Å². The molecule has 290 valence electrons. The van der Waals surface area contributed by atoms with Gasteiger partial charge in [-0.15, -0.1) is 0 Å². The fourth-order valence-corrected chi connectivity index (χ4v) is 10.5. The third-order valence-corrected chi connectivity index (χ3v) is 14.4. The molecule has 4 nitrogen and oxygen atoms in total. The maximum absolute atomic E-state index is 6.76. The van der Waals surface area contributed by atoms with Crippen molar-refractivity contribution < 1.29 is 8.83 Å². The number of hydrogen-bond donors (Lipinski definition) is 0. The van der Waals surface area contributed by atoms with E-state index in [1.165, 1.54) is 31.9 Å². The highest BCUT2D eigenvalue weighted by Crippen LogP contribution is 2.50. The van der Waals surface area contributed by atoms with Gasteiger partial charge in [-0.2, -0.15) is 0 Å². The molecule has 6 heteroatoms. The van der Waals surface area contributed by atoms with Gasteiger partial charge in [0.15, 0.2) is 11.2 Å². The van der Waals surface area contributed by atoms with Crippen LogP contribution in [-0.4, -0.2) is 19.8 Å². The van der Waals surface area contributed by atoms with Crippen LogP contribution < -0.4 is 20.2 Å². The quantitative estimate of drug-likeness (QED) is 0.118. The van der Waals surface area contributed by atoms with E-state index in [1.807, 2.05) is 12.1 Å². The van der Waals surface area contributed by atoms with E-state index < -0.39 is 0 Å². The summed E-state index contributed by atoms with van der Waals surface area (Å²) in [6.45, 7) is 2.34. The molecule has 0 unspecified atom stereocenters. The maximum atomic E-state index is 6.76. The monoisotopic (exact) mass is 816 g/mol. The lowest BCUT2D eigenvalue weighted by Gasteiger charge is -2.30. The van der Waals surface area contributed by atoms with Crippen LogP contribution >= 0.6 is 0 Å². The zero-order valence-corrected chi connectivity index (χ0v) is 37.3. The molecule has 0 radical (unpaired) electrons. The first kappa shape index (κ1) is 35.5. The number of benzene rings is 10. The number of nitrogens with zero attached hydrogens (tertiary/aromatic N) is 2. The molecule has 0 saturated heterocycles. The molecule has 0 aliphatic rings. The van der Waals surface area contributed by atoms with E-state index in [1.54, 1.807) is 0 Å². The lowest BCUT2D eigenvalue weighted by Crippen LogP contribution is -2.14. The summed E-state index contributed by atoms with van der Waals surface area (Å²) in [5.41, 5.74) is 9.90. The van der Waals surface area contributed by atoms with Crippen LogP contribution in [0.2, 0.25) is 6.55 Å². The van der Waals surface area contributed by atoms with Gasteiger partial charge in [-0.1, -0.05) is 150 Å². The van der Waals surface area contributed by atoms with Crippen LogP contribution in [0.25, 0.3) is 76.2 Å². The van der Waals surface area contributed by atoms with Crippen molar-refractivity contribution in [3.8, 4) is 0 Å². The van der Waals surface area contributed by atoms with E-state index in [2.05, 4.69) is 198 Å². The summed E-state index contributed by atoms with van der Waals surface area (Å²) >= 11 is 0. The van der Waals surface area contributed by atoms with E-state index in [0.29, 0.717) is 0 Å². The minimum Gasteiger partial charge on any atom is -0.454 e. The highest BCUT2D eigenvalue weighted by atomic mass is 28.2. The number of fused-ring (bicyclic) bond motifs is 11. The van der Waals surface area contributed by atoms with E-state index in [4.69, 9.17) is 8.83 Å². The number of rotatable bonds is 7. The van der Waals surface area contributed by atoms with Crippen LogP contribution in [-0.2, 0) is 0 Å². The molecule has 12 rings (SSSR count). The molecule has 12 aromatic rings. The summed E-state index contributed by atoms with van der Waals surface area (Å²) < 4.78 is 13.5. The molecule has 61 heavy (non-hydrogen) atoms. The van der Waals surface area contributed by atoms with Crippen molar-refractivity contribution in [2.45, 2.75) is 6.55 Å². The number of para-hydroxylation sites is 4. The molecule has 10 aromatic carbocycles. The predicted octanol–water partition coefficient (Wildman–Crippen LogP) is 12.7. The van der Waals surface area contributed by atoms with Gasteiger partial charge in [-0.05, 0) is 82.2 Å². The van der Waals surface area contributed by atoms with Crippen LogP contribution in [0.1, 0.15) is 0 Å². The van der Waals surface area contributed by atoms with Gasteiger partial charge in [0.1, 0.15) is 11.2 Å². The average molecular weight is 817 g/mol. The summed E-state index contributed by atoms with van der Waals surface area (Å²) in [5.74, 6) is 0. The summed E-state index contributed by atoms with van der Waals surface area (Å²) in [6.07, 6.45) is 0. The first-order valence-electron chi connectivity index (χ1n) is 21.1. The molecule has 0 fully saturated rings. The van der Waals surface area contributed by atoms with Gasteiger partial charge in [0, 0.05) is 53.9 Å². The highest BCUT2D eigenvalue weighted by Gasteiger charge is 2.26. The topological polar surface area (TPSA) is 32.8 Å². The molecular weight excluding hydrogens is 777 g/mol. The first-order chi connectivity index (χ1) is 30.1. The zero-order chi connectivity index (χ0) is 40.6. The van der Waals surface area contributed by atoms with Crippen molar-refractivity contribution >= 4 is 140 Å². The fourth-order valence-electron chi connectivity index (χ4n) is 9.49. The molecule has 0 bridgehead atoms. The van der Waals surface area contributed by atoms with Crippen LogP contribution in [0.5, 0.6) is 0 Å². The Balaban J connectivity index is 1.17. The Morgan fingerprint density at radius 3 is 1.21 bits per heavy atom. The molecule has 0 aliphatic heterocycles. The van der Waals surface area contributed by atoms with Gasteiger partial charge in [-0.3, -0.25) is 0 Å². The molecule has 0 aliphatic carbocycles. The van der Waals surface area contributed by atoms with Crippen molar-refractivity contribution in [1.82, 2.24) is 0 Å². The van der Waals surface area contributed by atoms with Crippen molar-refractivity contribution in [3.63, 3.8) is 0 Å². The Morgan fingerprint density at radius 1 is 0.361 bits per heavy atom. The molecule has 0 amide bonds. The van der Waals surface area contributed by atoms with Gasteiger partial charge in [0.2, 0.25) is 0 Å². The van der Waals surface area contributed by atoms with Crippen molar-refractivity contribution in [3.05, 3.63) is 194 Å². The third kappa shape index (κ3) is 5.64. The Bertz CT molecular complexity index is 3660. The fraction of sp³-hybridized carbons (Fsp3) is 0.0182. The molecule has 0 N–H and O–H groups in total. The van der Waals surface area contributed by atoms with Crippen LogP contribution in [0.3, 0.4) is 0 Å². The molecule has 2 aromatic heterocycles. The number of furan rings is 2. The molecule has 0 saturated carbocycles. The Morgan fingerprint density at radius 2 is 0.754 bits per heavy atom. The predicted molar refractivity (Wildman–Crippen MR) is 266 cm³/mol. The van der Waals surface area contributed by atoms with E-state index >= 15 is 0 Å². The van der Waals surface area contributed by atoms with Gasteiger partial charge >= 0.3 is 0 Å². The minimum atomic E-state index is -0.326. The molecular formula is C55H40N2O2Si2. The normalized spacial score (nSPS) is 12.1. The maximum Gasteiger partial charge on any atom is 0.159 e. The van der Waals surface area contributed by atoms with Gasteiger partial charge < -0.3 is 18.6 Å². The second-order valence-electron chi connectivity index (χ2n) is 16.0. The van der Waals surface area contributed by atoms with E-state index in [0.717, 1.165) is 99.0 Å². The molecule has 0 spiro atoms. The van der Waals surface area contributed by atoms with Gasteiger partial charge in [0.05, 0.1) is 32.3 Å². The lowest BCUT2D eigenvalue weighted by atomic mass is 9.93. The SMILES string of the molecule is C[SiH2]c1ccc(N(c2cc3c4ccccc4c(N(c4ccc([SiH3])cc4)c4cccc5c4oc4ccccc45)cc3c3ccccc23)c2cccc3c2oc2ccccc23)cc1. The summed E-state index contributed by atoms with van der Waals surface area (Å²) in [6, 6.07) is 70.6. The number of anilines is 6. The zero-order valence-electron chi connectivity index (χ0n) is 33.9. The second-order valence-corrected chi connectivity index (χ2v) is 18.7. The first-order valence-corrected chi connectivity index (χ1v) is 24.2. The summed E-state index contributed by atoms with van der Waals surface area (Å²) in [5, 5.41) is 14.3. The standard InChI is InChI=1S/C55H40N2O2Si2/c1-61-37-30-26-35(27-31-37)57(49-21-11-19-45-43-17-7-9-23-53(43)59-55(45)49)51-33-47-38-12-2-4-14-40(38)50(32-46(47)39-13-3-5-15-41(39)51)56(34-24-28-36(60)29-25-34)48-20-10-18-44-42-16-6-8-22-52(42)58-54(44)48/h2-33H,61H2,1,60H3. The van der Waals surface area contributed by atoms with Gasteiger partial charge in [-0.25, -0.2) is 0 Å². The van der Waals surface area contributed by atoms with Crippen LogP contribution in [0.4, 0.5) is 34.1 Å². The second kappa shape index (κ2) is 14.1. The van der Waals surface area contributed by atoms with Crippen LogP contribution in [0, 0.1) is 0 Å². The van der Waals surface area contributed by atoms with Gasteiger partial charge in [0.25, 0.3) is 0 Å². The lowest BCUT2D eigenvalue weighted by molar-refractivity contribution is 0.669.